The molecule has 1 N–H and O–H groups in total. The fraction of sp³-hybridized carbons (Fsp3) is 0.300. The summed E-state index contributed by atoms with van der Waals surface area (Å²) in [6.45, 7) is 0.984. The van der Waals surface area contributed by atoms with E-state index in [1.165, 1.54) is 5.56 Å². The molecule has 0 fully saturated rings. The van der Waals surface area contributed by atoms with Crippen molar-refractivity contribution >= 4 is 12.0 Å². The highest BCUT2D eigenvalue weighted by atomic mass is 16.1. The van der Waals surface area contributed by atoms with Gasteiger partial charge in [-0.15, -0.1) is 0 Å². The first-order chi connectivity index (χ1) is 5.92. The van der Waals surface area contributed by atoms with Gasteiger partial charge >= 0.3 is 0 Å². The number of para-hydroxylation sites is 1. The molecule has 0 saturated heterocycles. The molecule has 0 aromatic heterocycles. The lowest BCUT2D eigenvalue weighted by atomic mass is 10.0. The minimum Gasteiger partial charge on any atom is -0.384 e. The molecular weight excluding hydrogens is 150 g/mol. The monoisotopic (exact) mass is 161 g/mol. The SMILES string of the molecule is O=Cc1cccc2c1NCCC2. The Balaban J connectivity index is 2.51. The average molecular weight is 161 g/mol. The van der Waals surface area contributed by atoms with Crippen LogP contribution >= 0.6 is 0 Å². The molecule has 0 saturated carbocycles. The molecule has 0 unspecified atom stereocenters. The number of nitrogens with one attached hydrogen (secondary N) is 1. The van der Waals surface area contributed by atoms with Crippen LogP contribution in [0.15, 0.2) is 18.2 Å². The zero-order chi connectivity index (χ0) is 8.39. The summed E-state index contributed by atoms with van der Waals surface area (Å²) < 4.78 is 0. The highest BCUT2D eigenvalue weighted by Crippen LogP contribution is 2.24. The zero-order valence-corrected chi connectivity index (χ0v) is 6.84. The number of rotatable bonds is 1. The second kappa shape index (κ2) is 2.97. The minimum atomic E-state index is 0.784. The van der Waals surface area contributed by atoms with Gasteiger partial charge in [0.25, 0.3) is 0 Å². The quantitative estimate of drug-likeness (QED) is 0.637. The van der Waals surface area contributed by atoms with Crippen molar-refractivity contribution in [1.82, 2.24) is 0 Å². The molecule has 2 rings (SSSR count). The molecule has 62 valence electrons. The average Bonchev–Trinajstić information content (AvgIpc) is 2.17. The first-order valence-electron chi connectivity index (χ1n) is 4.23. The number of aryl methyl sites for hydroxylation is 1. The molecule has 0 bridgehead atoms. The number of aldehydes is 1. The number of hydrogen-bond donors (Lipinski definition) is 1. The third-order valence-electron chi connectivity index (χ3n) is 2.23. The predicted molar refractivity (Wildman–Crippen MR) is 48.6 cm³/mol. The van der Waals surface area contributed by atoms with Crippen LogP contribution in [0.1, 0.15) is 22.3 Å². The van der Waals surface area contributed by atoms with E-state index in [1.807, 2.05) is 12.1 Å². The fourth-order valence-electron chi connectivity index (χ4n) is 1.63. The largest absolute Gasteiger partial charge is 0.384 e. The maximum absolute atomic E-state index is 10.6. The third-order valence-corrected chi connectivity index (χ3v) is 2.23. The Hall–Kier alpha value is -1.31. The van der Waals surface area contributed by atoms with Gasteiger partial charge in [0.15, 0.2) is 6.29 Å². The number of fused-ring (bicyclic) bond motifs is 1. The Morgan fingerprint density at radius 3 is 3.17 bits per heavy atom. The van der Waals surface area contributed by atoms with Crippen molar-refractivity contribution in [3.8, 4) is 0 Å². The topological polar surface area (TPSA) is 29.1 Å². The Labute approximate surface area is 71.6 Å². The molecular formula is C10H11NO. The zero-order valence-electron chi connectivity index (χ0n) is 6.84. The molecule has 0 radical (unpaired) electrons. The summed E-state index contributed by atoms with van der Waals surface area (Å²) in [5, 5.41) is 3.25. The smallest absolute Gasteiger partial charge is 0.152 e. The van der Waals surface area contributed by atoms with Gasteiger partial charge in [0, 0.05) is 17.8 Å². The van der Waals surface area contributed by atoms with E-state index in [0.29, 0.717) is 0 Å². The summed E-state index contributed by atoms with van der Waals surface area (Å²) in [4.78, 5) is 10.6. The van der Waals surface area contributed by atoms with Gasteiger partial charge in [0.2, 0.25) is 0 Å². The van der Waals surface area contributed by atoms with Gasteiger partial charge < -0.3 is 5.32 Å². The van der Waals surface area contributed by atoms with Crippen LogP contribution in [0, 0.1) is 0 Å². The van der Waals surface area contributed by atoms with Crippen LogP contribution in [0.2, 0.25) is 0 Å². The van der Waals surface area contributed by atoms with Crippen molar-refractivity contribution in [2.75, 3.05) is 11.9 Å². The number of anilines is 1. The molecule has 0 atom stereocenters. The van der Waals surface area contributed by atoms with Crippen molar-refractivity contribution < 1.29 is 4.79 Å². The van der Waals surface area contributed by atoms with Crippen molar-refractivity contribution in [2.45, 2.75) is 12.8 Å². The van der Waals surface area contributed by atoms with Gasteiger partial charge in [0.05, 0.1) is 0 Å². The summed E-state index contributed by atoms with van der Waals surface area (Å²) in [6, 6.07) is 5.87. The lowest BCUT2D eigenvalue weighted by Crippen LogP contribution is -2.13. The second-order valence-electron chi connectivity index (χ2n) is 3.03. The van der Waals surface area contributed by atoms with Crippen LogP contribution in [0.4, 0.5) is 5.69 Å². The summed E-state index contributed by atoms with van der Waals surface area (Å²) in [7, 11) is 0. The van der Waals surface area contributed by atoms with E-state index in [4.69, 9.17) is 0 Å². The lowest BCUT2D eigenvalue weighted by Gasteiger charge is -2.18. The fourth-order valence-corrected chi connectivity index (χ4v) is 1.63. The van der Waals surface area contributed by atoms with Gasteiger partial charge in [-0.3, -0.25) is 4.79 Å². The molecule has 0 amide bonds. The first-order valence-corrected chi connectivity index (χ1v) is 4.23. The molecule has 2 nitrogen and oxygen atoms in total. The highest BCUT2D eigenvalue weighted by molar-refractivity contribution is 5.85. The van der Waals surface area contributed by atoms with E-state index in [0.717, 1.165) is 36.9 Å². The summed E-state index contributed by atoms with van der Waals surface area (Å²) >= 11 is 0. The molecule has 1 aromatic rings. The molecule has 0 spiro atoms. The van der Waals surface area contributed by atoms with Crippen LogP contribution in [0.25, 0.3) is 0 Å². The van der Waals surface area contributed by atoms with Gasteiger partial charge in [-0.1, -0.05) is 12.1 Å². The van der Waals surface area contributed by atoms with Gasteiger partial charge in [-0.25, -0.2) is 0 Å². The maximum atomic E-state index is 10.6. The normalized spacial score (nSPS) is 14.7. The molecule has 1 aliphatic rings. The van der Waals surface area contributed by atoms with Crippen molar-refractivity contribution in [1.29, 1.82) is 0 Å². The number of carbonyl (C=O) groups is 1. The molecule has 1 aliphatic heterocycles. The number of benzene rings is 1. The van der Waals surface area contributed by atoms with Crippen molar-refractivity contribution in [3.63, 3.8) is 0 Å². The van der Waals surface area contributed by atoms with Gasteiger partial charge in [-0.2, -0.15) is 0 Å². The van der Waals surface area contributed by atoms with E-state index in [9.17, 15) is 4.79 Å². The van der Waals surface area contributed by atoms with E-state index in [-0.39, 0.29) is 0 Å². The molecule has 2 heteroatoms. The van der Waals surface area contributed by atoms with E-state index >= 15 is 0 Å². The molecule has 0 aliphatic carbocycles. The molecule has 12 heavy (non-hydrogen) atoms. The Kier molecular flexibility index (Phi) is 1.82. The van der Waals surface area contributed by atoms with E-state index in [1.54, 1.807) is 0 Å². The number of carbonyl (C=O) groups excluding carboxylic acids is 1. The van der Waals surface area contributed by atoms with Gasteiger partial charge in [0.1, 0.15) is 0 Å². The predicted octanol–water partition coefficient (Wildman–Crippen LogP) is 1.86. The molecule has 1 aromatic carbocycles. The Bertz CT molecular complexity index is 307. The van der Waals surface area contributed by atoms with Crippen molar-refractivity contribution in [2.24, 2.45) is 0 Å². The highest BCUT2D eigenvalue weighted by Gasteiger charge is 2.10. The summed E-state index contributed by atoms with van der Waals surface area (Å²) in [6.07, 6.45) is 3.16. The Morgan fingerprint density at radius 1 is 1.42 bits per heavy atom. The van der Waals surface area contributed by atoms with E-state index in [2.05, 4.69) is 11.4 Å². The standard InChI is InChI=1S/C10H11NO/c12-7-9-4-1-3-8-5-2-6-11-10(8)9/h1,3-4,7,11H,2,5-6H2. The van der Waals surface area contributed by atoms with Crippen LogP contribution in [-0.4, -0.2) is 12.8 Å². The summed E-state index contributed by atoms with van der Waals surface area (Å²) in [5.74, 6) is 0. The lowest BCUT2D eigenvalue weighted by molar-refractivity contribution is 0.112. The third kappa shape index (κ3) is 1.09. The number of hydrogen-bond acceptors (Lipinski definition) is 2. The summed E-state index contributed by atoms with van der Waals surface area (Å²) in [5.41, 5.74) is 3.09. The van der Waals surface area contributed by atoms with Gasteiger partial charge in [-0.05, 0) is 24.5 Å². The van der Waals surface area contributed by atoms with Crippen LogP contribution in [0.5, 0.6) is 0 Å². The maximum Gasteiger partial charge on any atom is 0.152 e. The van der Waals surface area contributed by atoms with E-state index < -0.39 is 0 Å². The minimum absolute atomic E-state index is 0.784. The Morgan fingerprint density at radius 2 is 2.33 bits per heavy atom. The van der Waals surface area contributed by atoms with Crippen molar-refractivity contribution in [3.05, 3.63) is 29.3 Å². The second-order valence-corrected chi connectivity index (χ2v) is 3.03. The first kappa shape index (κ1) is 7.35. The molecule has 1 heterocycles. The van der Waals surface area contributed by atoms with Crippen LogP contribution in [0.3, 0.4) is 0 Å². The van der Waals surface area contributed by atoms with Crippen LogP contribution < -0.4 is 5.32 Å². The van der Waals surface area contributed by atoms with Crippen LogP contribution in [-0.2, 0) is 6.42 Å².